The molecule has 6 nitrogen and oxygen atoms in total. The smallest absolute Gasteiger partial charge is 0.255 e. The third-order valence-corrected chi connectivity index (χ3v) is 5.82. The Kier molecular flexibility index (Phi) is 7.46. The van der Waals surface area contributed by atoms with E-state index < -0.39 is 17.3 Å². The largest absolute Gasteiger partial charge is 0.343 e. The minimum atomic E-state index is -0.916. The molecule has 1 atom stereocenters. The van der Waals surface area contributed by atoms with Crippen molar-refractivity contribution < 1.29 is 14.0 Å². The van der Waals surface area contributed by atoms with Crippen LogP contribution in [-0.4, -0.2) is 35.3 Å². The molecule has 0 aliphatic carbocycles. The molecule has 0 aliphatic rings. The predicted octanol–water partition coefficient (Wildman–Crippen LogP) is 4.56. The van der Waals surface area contributed by atoms with E-state index in [0.29, 0.717) is 16.8 Å². The minimum absolute atomic E-state index is 0.0270. The van der Waals surface area contributed by atoms with Crippen molar-refractivity contribution in [3.05, 3.63) is 94.5 Å². The maximum atomic E-state index is 13.5. The fraction of sp³-hybridized carbons (Fsp3) is 0.240. The first-order valence-electron chi connectivity index (χ1n) is 10.4. The summed E-state index contributed by atoms with van der Waals surface area (Å²) >= 11 is 5.90. The van der Waals surface area contributed by atoms with Crippen molar-refractivity contribution in [2.24, 2.45) is 5.73 Å². The van der Waals surface area contributed by atoms with Crippen LogP contribution in [0.2, 0.25) is 5.02 Å². The molecule has 0 fully saturated rings. The van der Waals surface area contributed by atoms with Crippen LogP contribution < -0.4 is 11.1 Å². The molecule has 2 amide bonds. The number of carbonyl (C=O) groups excluding carboxylic acids is 2. The Bertz CT molecular complexity index is 1140. The molecule has 0 saturated carbocycles. The van der Waals surface area contributed by atoms with Crippen molar-refractivity contribution in [2.75, 3.05) is 18.9 Å². The number of nitrogens with one attached hydrogen (secondary N) is 1. The van der Waals surface area contributed by atoms with Gasteiger partial charge < -0.3 is 16.0 Å². The predicted molar refractivity (Wildman–Crippen MR) is 128 cm³/mol. The summed E-state index contributed by atoms with van der Waals surface area (Å²) in [6.45, 7) is 3.79. The number of pyridine rings is 1. The van der Waals surface area contributed by atoms with Gasteiger partial charge in [0.05, 0.1) is 10.4 Å². The molecule has 8 heteroatoms. The molecular formula is C25H26ClFN4O2. The average molecular weight is 469 g/mol. The lowest BCUT2D eigenvalue weighted by Gasteiger charge is -2.31. The lowest BCUT2D eigenvalue weighted by molar-refractivity contribution is -0.135. The monoisotopic (exact) mass is 468 g/mol. The highest BCUT2D eigenvalue weighted by Crippen LogP contribution is 2.29. The van der Waals surface area contributed by atoms with E-state index in [1.54, 1.807) is 80.7 Å². The van der Waals surface area contributed by atoms with Crippen LogP contribution in [0.1, 0.15) is 41.4 Å². The second-order valence-corrected chi connectivity index (χ2v) is 8.77. The molecule has 0 bridgehead atoms. The molecular weight excluding hydrogens is 443 g/mol. The summed E-state index contributed by atoms with van der Waals surface area (Å²) in [6, 6.07) is 14.2. The van der Waals surface area contributed by atoms with Crippen LogP contribution in [0.3, 0.4) is 0 Å². The molecule has 0 aliphatic heterocycles. The molecule has 3 rings (SSSR count). The normalized spacial score (nSPS) is 12.2. The lowest BCUT2D eigenvalue weighted by Crippen LogP contribution is -2.44. The van der Waals surface area contributed by atoms with E-state index in [2.05, 4.69) is 10.3 Å². The van der Waals surface area contributed by atoms with E-state index in [1.165, 1.54) is 12.1 Å². The molecule has 1 heterocycles. The molecule has 3 N–H and O–H groups in total. The summed E-state index contributed by atoms with van der Waals surface area (Å²) in [7, 11) is 1.67. The highest BCUT2D eigenvalue weighted by molar-refractivity contribution is 6.30. The second-order valence-electron chi connectivity index (χ2n) is 8.36. The Morgan fingerprint density at radius 2 is 1.76 bits per heavy atom. The first-order valence-corrected chi connectivity index (χ1v) is 10.8. The SMILES string of the molecule is CN(CC(N)c1ccc(C(=O)Nc2ccncc2)cc1)C(=O)C(C)(C)c1ccc(F)c(Cl)c1. The van der Waals surface area contributed by atoms with Crippen molar-refractivity contribution in [3.63, 3.8) is 0 Å². The lowest BCUT2D eigenvalue weighted by atomic mass is 9.83. The van der Waals surface area contributed by atoms with Gasteiger partial charge in [-0.3, -0.25) is 14.6 Å². The van der Waals surface area contributed by atoms with Crippen molar-refractivity contribution in [2.45, 2.75) is 25.3 Å². The van der Waals surface area contributed by atoms with E-state index in [1.807, 2.05) is 0 Å². The zero-order chi connectivity index (χ0) is 24.2. The van der Waals surface area contributed by atoms with Crippen LogP contribution >= 0.6 is 11.6 Å². The van der Waals surface area contributed by atoms with Crippen molar-refractivity contribution >= 4 is 29.1 Å². The van der Waals surface area contributed by atoms with Crippen LogP contribution in [-0.2, 0) is 10.2 Å². The Labute approximate surface area is 197 Å². The molecule has 33 heavy (non-hydrogen) atoms. The molecule has 0 radical (unpaired) electrons. The quantitative estimate of drug-likeness (QED) is 0.532. The summed E-state index contributed by atoms with van der Waals surface area (Å²) in [5.74, 6) is -0.945. The average Bonchev–Trinajstić information content (AvgIpc) is 2.80. The Hall–Kier alpha value is -3.29. The number of hydrogen-bond donors (Lipinski definition) is 2. The number of amides is 2. The molecule has 172 valence electrons. The van der Waals surface area contributed by atoms with Gasteiger partial charge in [-0.15, -0.1) is 0 Å². The summed E-state index contributed by atoms with van der Waals surface area (Å²) < 4.78 is 13.5. The van der Waals surface area contributed by atoms with Gasteiger partial charge in [0.15, 0.2) is 0 Å². The zero-order valence-electron chi connectivity index (χ0n) is 18.7. The van der Waals surface area contributed by atoms with Gasteiger partial charge in [-0.25, -0.2) is 4.39 Å². The maximum absolute atomic E-state index is 13.5. The summed E-state index contributed by atoms with van der Waals surface area (Å²) in [4.78, 5) is 31.0. The van der Waals surface area contributed by atoms with Gasteiger partial charge in [0, 0.05) is 43.3 Å². The number of nitrogens with zero attached hydrogens (tertiary/aromatic N) is 2. The van der Waals surface area contributed by atoms with Gasteiger partial charge in [0.1, 0.15) is 5.82 Å². The molecule has 2 aromatic carbocycles. The highest BCUT2D eigenvalue weighted by atomic mass is 35.5. The number of aromatic nitrogens is 1. The van der Waals surface area contributed by atoms with Crippen molar-refractivity contribution in [1.82, 2.24) is 9.88 Å². The number of halogens is 2. The number of rotatable bonds is 7. The second kappa shape index (κ2) is 10.1. The topological polar surface area (TPSA) is 88.3 Å². The number of likely N-dealkylation sites (N-methyl/N-ethyl adjacent to an activating group) is 1. The molecule has 3 aromatic rings. The Morgan fingerprint density at radius 1 is 1.12 bits per heavy atom. The van der Waals surface area contributed by atoms with Crippen LogP contribution in [0.25, 0.3) is 0 Å². The highest BCUT2D eigenvalue weighted by Gasteiger charge is 2.33. The van der Waals surface area contributed by atoms with Crippen LogP contribution in [0.15, 0.2) is 67.0 Å². The maximum Gasteiger partial charge on any atom is 0.255 e. The van der Waals surface area contributed by atoms with Gasteiger partial charge in [-0.2, -0.15) is 0 Å². The standard InChI is InChI=1S/C25H26ClFN4O2/c1-25(2,18-8-9-21(27)20(26)14-18)24(33)31(3)15-22(28)16-4-6-17(7-5-16)23(32)30-19-10-12-29-13-11-19/h4-14,22H,15,28H2,1-3H3,(H,29,30,32). The summed E-state index contributed by atoms with van der Waals surface area (Å²) in [5.41, 5.74) is 7.97. The molecule has 1 aromatic heterocycles. The molecule has 0 spiro atoms. The van der Waals surface area contributed by atoms with Gasteiger partial charge in [-0.05, 0) is 61.4 Å². The van der Waals surface area contributed by atoms with Crippen molar-refractivity contribution in [1.29, 1.82) is 0 Å². The van der Waals surface area contributed by atoms with E-state index in [0.717, 1.165) is 5.56 Å². The third-order valence-electron chi connectivity index (χ3n) is 5.53. The van der Waals surface area contributed by atoms with Crippen LogP contribution in [0.4, 0.5) is 10.1 Å². The summed E-state index contributed by atoms with van der Waals surface area (Å²) in [5, 5.41) is 2.77. The number of anilines is 1. The minimum Gasteiger partial charge on any atom is -0.343 e. The van der Waals surface area contributed by atoms with E-state index in [-0.39, 0.29) is 23.4 Å². The number of carbonyl (C=O) groups is 2. The van der Waals surface area contributed by atoms with E-state index >= 15 is 0 Å². The van der Waals surface area contributed by atoms with Crippen LogP contribution in [0.5, 0.6) is 0 Å². The number of nitrogens with two attached hydrogens (primary N) is 1. The van der Waals surface area contributed by atoms with Gasteiger partial charge in [0.25, 0.3) is 5.91 Å². The van der Waals surface area contributed by atoms with Gasteiger partial charge >= 0.3 is 0 Å². The van der Waals surface area contributed by atoms with Crippen LogP contribution in [0, 0.1) is 5.82 Å². The van der Waals surface area contributed by atoms with E-state index in [4.69, 9.17) is 17.3 Å². The van der Waals surface area contributed by atoms with E-state index in [9.17, 15) is 14.0 Å². The third kappa shape index (κ3) is 5.74. The Balaban J connectivity index is 1.65. The zero-order valence-corrected chi connectivity index (χ0v) is 19.4. The van der Waals surface area contributed by atoms with Gasteiger partial charge in [-0.1, -0.05) is 29.8 Å². The molecule has 0 saturated heterocycles. The van der Waals surface area contributed by atoms with Gasteiger partial charge in [0.2, 0.25) is 5.91 Å². The number of benzene rings is 2. The Morgan fingerprint density at radius 3 is 2.36 bits per heavy atom. The first kappa shape index (κ1) is 24.4. The molecule has 1 unspecified atom stereocenters. The fourth-order valence-corrected chi connectivity index (χ4v) is 3.67. The summed E-state index contributed by atoms with van der Waals surface area (Å²) in [6.07, 6.45) is 3.20. The first-order chi connectivity index (χ1) is 15.6. The van der Waals surface area contributed by atoms with Crippen molar-refractivity contribution in [3.8, 4) is 0 Å². The fourth-order valence-electron chi connectivity index (χ4n) is 3.49. The number of hydrogen-bond acceptors (Lipinski definition) is 4.